The maximum absolute atomic E-state index is 11.0. The number of rotatable bonds is 6. The summed E-state index contributed by atoms with van der Waals surface area (Å²) in [6.07, 6.45) is 0. The van der Waals surface area contributed by atoms with Gasteiger partial charge in [0.1, 0.15) is 11.4 Å². The fourth-order valence-corrected chi connectivity index (χ4v) is 3.37. The Kier molecular flexibility index (Phi) is 5.55. The molecule has 11 heteroatoms. The summed E-state index contributed by atoms with van der Waals surface area (Å²) in [5.41, 5.74) is 15.3. The lowest BCUT2D eigenvalue weighted by molar-refractivity contribution is 0.489. The third-order valence-electron chi connectivity index (χ3n) is 4.14. The van der Waals surface area contributed by atoms with Crippen LogP contribution >= 0.6 is 0 Å². The van der Waals surface area contributed by atoms with E-state index in [0.717, 1.165) is 11.1 Å². The number of hydrazine groups is 1. The standard InChI is InChI=1S/C18H21N7O3S/c1-11-9-12(7-8-14(11)24-29(26,27)28)10-25(21)17-15(19)16(22-18(20)23-17)13-5-3-2-4-6-13/h2-9,24H,10,19,21H2,1H3,(H2,20,22,23)(H,26,27,28). The average molecular weight is 415 g/mol. The molecule has 152 valence electrons. The number of nitrogen functional groups attached to an aromatic ring is 2. The molecule has 0 aliphatic carbocycles. The SMILES string of the molecule is Cc1cc(CN(N)c2nc(N)nc(-c3ccccc3)c2N)ccc1NS(=O)(=O)O. The summed E-state index contributed by atoms with van der Waals surface area (Å²) in [4.78, 5) is 8.38. The minimum Gasteiger partial charge on any atom is -0.394 e. The van der Waals surface area contributed by atoms with Gasteiger partial charge >= 0.3 is 10.3 Å². The van der Waals surface area contributed by atoms with E-state index in [2.05, 4.69) is 9.97 Å². The summed E-state index contributed by atoms with van der Waals surface area (Å²) in [5, 5.41) is 1.34. The van der Waals surface area contributed by atoms with Crippen LogP contribution in [0.5, 0.6) is 0 Å². The summed E-state index contributed by atoms with van der Waals surface area (Å²) in [6.45, 7) is 1.92. The summed E-state index contributed by atoms with van der Waals surface area (Å²) >= 11 is 0. The second-order valence-corrected chi connectivity index (χ2v) is 7.54. The highest BCUT2D eigenvalue weighted by Gasteiger charge is 2.17. The minimum absolute atomic E-state index is 0.0346. The Bertz CT molecular complexity index is 1140. The summed E-state index contributed by atoms with van der Waals surface area (Å²) < 4.78 is 32.9. The van der Waals surface area contributed by atoms with Gasteiger partial charge in [-0.05, 0) is 24.1 Å². The summed E-state index contributed by atoms with van der Waals surface area (Å²) in [5.74, 6) is 6.50. The van der Waals surface area contributed by atoms with Crippen LogP contribution in [-0.2, 0) is 16.8 Å². The zero-order chi connectivity index (χ0) is 21.2. The number of benzene rings is 2. The second kappa shape index (κ2) is 7.91. The molecule has 0 saturated carbocycles. The highest BCUT2D eigenvalue weighted by molar-refractivity contribution is 7.87. The molecule has 0 spiro atoms. The van der Waals surface area contributed by atoms with Gasteiger partial charge in [0.05, 0.1) is 12.2 Å². The third-order valence-corrected chi connectivity index (χ3v) is 4.62. The van der Waals surface area contributed by atoms with E-state index in [-0.39, 0.29) is 29.7 Å². The van der Waals surface area contributed by atoms with Crippen LogP contribution in [0.15, 0.2) is 48.5 Å². The Morgan fingerprint density at radius 3 is 2.41 bits per heavy atom. The largest absolute Gasteiger partial charge is 0.394 e. The van der Waals surface area contributed by atoms with Crippen molar-refractivity contribution in [3.05, 3.63) is 59.7 Å². The van der Waals surface area contributed by atoms with Gasteiger partial charge in [0, 0.05) is 5.56 Å². The molecule has 2 aromatic carbocycles. The molecule has 0 unspecified atom stereocenters. The van der Waals surface area contributed by atoms with Crippen molar-refractivity contribution in [3.8, 4) is 11.3 Å². The van der Waals surface area contributed by atoms with Crippen LogP contribution in [0.4, 0.5) is 23.1 Å². The zero-order valence-corrected chi connectivity index (χ0v) is 16.4. The molecule has 3 rings (SSSR count). The Labute approximate surface area is 168 Å². The number of nitrogens with one attached hydrogen (secondary N) is 1. The van der Waals surface area contributed by atoms with Crippen molar-refractivity contribution in [1.82, 2.24) is 9.97 Å². The molecule has 10 nitrogen and oxygen atoms in total. The molecule has 0 atom stereocenters. The van der Waals surface area contributed by atoms with Gasteiger partial charge in [-0.3, -0.25) is 14.3 Å². The predicted molar refractivity (Wildman–Crippen MR) is 113 cm³/mol. The molecule has 0 amide bonds. The van der Waals surface area contributed by atoms with Crippen LogP contribution < -0.4 is 27.0 Å². The van der Waals surface area contributed by atoms with E-state index in [1.54, 1.807) is 19.1 Å². The molecule has 0 aliphatic rings. The van der Waals surface area contributed by atoms with Gasteiger partial charge in [-0.1, -0.05) is 42.5 Å². The van der Waals surface area contributed by atoms with Gasteiger partial charge in [0.25, 0.3) is 0 Å². The number of nitrogens with zero attached hydrogens (tertiary/aromatic N) is 3. The topological polar surface area (TPSA) is 173 Å². The molecule has 0 bridgehead atoms. The van der Waals surface area contributed by atoms with Crippen LogP contribution in [0.2, 0.25) is 0 Å². The zero-order valence-electron chi connectivity index (χ0n) is 15.6. The smallest absolute Gasteiger partial charge is 0.357 e. The first-order valence-corrected chi connectivity index (χ1v) is 9.93. The minimum atomic E-state index is -4.35. The van der Waals surface area contributed by atoms with Crippen LogP contribution in [0, 0.1) is 6.92 Å². The highest BCUT2D eigenvalue weighted by atomic mass is 32.2. The van der Waals surface area contributed by atoms with Crippen molar-refractivity contribution in [3.63, 3.8) is 0 Å². The fourth-order valence-electron chi connectivity index (χ4n) is 2.86. The lowest BCUT2D eigenvalue weighted by Gasteiger charge is -2.21. The van der Waals surface area contributed by atoms with E-state index in [1.165, 1.54) is 11.1 Å². The molecule has 1 aromatic heterocycles. The van der Waals surface area contributed by atoms with Crippen molar-refractivity contribution in [2.45, 2.75) is 13.5 Å². The molecule has 0 fully saturated rings. The first-order chi connectivity index (χ1) is 13.6. The normalized spacial score (nSPS) is 11.3. The van der Waals surface area contributed by atoms with Crippen LogP contribution in [0.1, 0.15) is 11.1 Å². The summed E-state index contributed by atoms with van der Waals surface area (Å²) in [7, 11) is -4.35. The highest BCUT2D eigenvalue weighted by Crippen LogP contribution is 2.31. The van der Waals surface area contributed by atoms with Crippen molar-refractivity contribution < 1.29 is 13.0 Å². The van der Waals surface area contributed by atoms with Gasteiger partial charge < -0.3 is 11.5 Å². The molecular formula is C18H21N7O3S. The number of aryl methyl sites for hydroxylation is 1. The van der Waals surface area contributed by atoms with E-state index in [4.69, 9.17) is 21.9 Å². The summed E-state index contributed by atoms with van der Waals surface area (Å²) in [6, 6.07) is 14.2. The van der Waals surface area contributed by atoms with Gasteiger partial charge in [0.15, 0.2) is 5.82 Å². The maximum Gasteiger partial charge on any atom is 0.357 e. The third kappa shape index (κ3) is 4.90. The fraction of sp³-hybridized carbons (Fsp3) is 0.111. The van der Waals surface area contributed by atoms with Gasteiger partial charge in [0.2, 0.25) is 5.95 Å². The van der Waals surface area contributed by atoms with Crippen LogP contribution in [0.25, 0.3) is 11.3 Å². The molecule has 3 aromatic rings. The van der Waals surface area contributed by atoms with Crippen LogP contribution in [-0.4, -0.2) is 22.9 Å². The monoisotopic (exact) mass is 415 g/mol. The van der Waals surface area contributed by atoms with Gasteiger partial charge in [-0.25, -0.2) is 10.8 Å². The first kappa shape index (κ1) is 20.3. The van der Waals surface area contributed by atoms with E-state index in [1.807, 2.05) is 35.1 Å². The van der Waals surface area contributed by atoms with Crippen molar-refractivity contribution in [1.29, 1.82) is 0 Å². The van der Waals surface area contributed by atoms with Gasteiger partial charge in [-0.2, -0.15) is 13.4 Å². The maximum atomic E-state index is 11.0. The molecule has 0 saturated heterocycles. The quantitative estimate of drug-likeness (QED) is 0.228. The number of hydrogen-bond acceptors (Lipinski definition) is 8. The Balaban J connectivity index is 1.89. The Morgan fingerprint density at radius 1 is 1.10 bits per heavy atom. The number of anilines is 4. The lowest BCUT2D eigenvalue weighted by atomic mass is 10.1. The van der Waals surface area contributed by atoms with E-state index in [0.29, 0.717) is 11.3 Å². The van der Waals surface area contributed by atoms with E-state index >= 15 is 0 Å². The molecule has 0 aliphatic heterocycles. The van der Waals surface area contributed by atoms with Crippen LogP contribution in [0.3, 0.4) is 0 Å². The molecule has 29 heavy (non-hydrogen) atoms. The molecule has 8 N–H and O–H groups in total. The second-order valence-electron chi connectivity index (χ2n) is 6.39. The first-order valence-electron chi connectivity index (χ1n) is 8.49. The molecular weight excluding hydrogens is 394 g/mol. The van der Waals surface area contributed by atoms with E-state index < -0.39 is 10.3 Å². The van der Waals surface area contributed by atoms with Crippen molar-refractivity contribution in [2.75, 3.05) is 21.2 Å². The lowest BCUT2D eigenvalue weighted by Crippen LogP contribution is -2.32. The molecule has 0 radical (unpaired) electrons. The van der Waals surface area contributed by atoms with Crippen molar-refractivity contribution in [2.24, 2.45) is 5.84 Å². The molecule has 1 heterocycles. The predicted octanol–water partition coefficient (Wildman–Crippen LogP) is 1.71. The average Bonchev–Trinajstić information content (AvgIpc) is 2.65. The van der Waals surface area contributed by atoms with Crippen molar-refractivity contribution >= 4 is 33.4 Å². The Hall–Kier alpha value is -3.41. The van der Waals surface area contributed by atoms with Gasteiger partial charge in [-0.15, -0.1) is 0 Å². The van der Waals surface area contributed by atoms with E-state index in [9.17, 15) is 8.42 Å². The Morgan fingerprint density at radius 2 is 1.79 bits per heavy atom. The number of nitrogens with two attached hydrogens (primary N) is 3. The number of hydrogen-bond donors (Lipinski definition) is 5. The number of aromatic nitrogens is 2.